The second-order valence-electron chi connectivity index (χ2n) is 4.38. The van der Waals surface area contributed by atoms with E-state index in [0.717, 1.165) is 25.9 Å². The van der Waals surface area contributed by atoms with E-state index in [4.69, 9.17) is 11.6 Å². The molecule has 2 aromatic heterocycles. The molecule has 0 saturated heterocycles. The van der Waals surface area contributed by atoms with Gasteiger partial charge in [-0.15, -0.1) is 11.3 Å². The number of nitrogens with zero attached hydrogens (tertiary/aromatic N) is 2. The number of hydrogen-bond donors (Lipinski definition) is 0. The van der Waals surface area contributed by atoms with Crippen LogP contribution in [-0.4, -0.2) is 29.4 Å². The van der Waals surface area contributed by atoms with Crippen molar-refractivity contribution in [1.82, 2.24) is 9.88 Å². The van der Waals surface area contributed by atoms with Gasteiger partial charge in [-0.3, -0.25) is 4.79 Å². The van der Waals surface area contributed by atoms with E-state index in [1.807, 2.05) is 20.8 Å². The average Bonchev–Trinajstić information content (AvgIpc) is 2.71. The number of carbonyl (C=O) groups excluding carboxylic acids is 1. The Morgan fingerprint density at radius 2 is 2.11 bits per heavy atom. The summed E-state index contributed by atoms with van der Waals surface area (Å²) in [4.78, 5) is 20.0. The van der Waals surface area contributed by atoms with Crippen LogP contribution in [0.1, 0.15) is 27.9 Å². The van der Waals surface area contributed by atoms with Crippen LogP contribution in [0.2, 0.25) is 5.02 Å². The Hall–Kier alpha value is -0.650. The average molecular weight is 362 g/mol. The van der Waals surface area contributed by atoms with Crippen LogP contribution in [0.3, 0.4) is 0 Å². The molecule has 0 N–H and O–H groups in total. The Morgan fingerprint density at radius 1 is 1.47 bits per heavy atom. The fraction of sp³-hybridized carbons (Fsp3) is 0.385. The molecular formula is C13H14BrClN2OS. The summed E-state index contributed by atoms with van der Waals surface area (Å²) in [7, 11) is 1.79. The molecule has 0 bridgehead atoms. The van der Waals surface area contributed by atoms with Crippen molar-refractivity contribution in [2.75, 3.05) is 13.6 Å². The van der Waals surface area contributed by atoms with Gasteiger partial charge in [-0.1, -0.05) is 11.6 Å². The molecule has 0 unspecified atom stereocenters. The molecule has 0 atom stereocenters. The Labute approximate surface area is 129 Å². The molecule has 2 rings (SSSR count). The number of pyridine rings is 1. The zero-order valence-corrected chi connectivity index (χ0v) is 14.3. The van der Waals surface area contributed by atoms with E-state index in [2.05, 4.69) is 20.9 Å². The van der Waals surface area contributed by atoms with Gasteiger partial charge in [0, 0.05) is 19.0 Å². The fourth-order valence-electron chi connectivity index (χ4n) is 1.84. The van der Waals surface area contributed by atoms with Crippen molar-refractivity contribution in [3.63, 3.8) is 0 Å². The fourth-order valence-corrected chi connectivity index (χ4v) is 4.17. The van der Waals surface area contributed by atoms with Crippen LogP contribution < -0.4 is 0 Å². The van der Waals surface area contributed by atoms with Crippen LogP contribution >= 0.6 is 38.9 Å². The number of rotatable bonds is 2. The molecule has 0 aromatic carbocycles. The first-order valence-electron chi connectivity index (χ1n) is 5.88. The number of aromatic nitrogens is 1. The first-order valence-corrected chi connectivity index (χ1v) is 7.87. The molecular weight excluding hydrogens is 348 g/mol. The van der Waals surface area contributed by atoms with Crippen molar-refractivity contribution in [1.29, 1.82) is 0 Å². The maximum absolute atomic E-state index is 12.3. The van der Waals surface area contributed by atoms with E-state index >= 15 is 0 Å². The molecule has 2 heterocycles. The molecule has 2 aromatic rings. The first-order chi connectivity index (χ1) is 8.88. The van der Waals surface area contributed by atoms with Crippen LogP contribution in [0, 0.1) is 13.8 Å². The highest BCUT2D eigenvalue weighted by atomic mass is 79.9. The minimum absolute atomic E-state index is 0.00514. The summed E-state index contributed by atoms with van der Waals surface area (Å²) in [6.07, 6.45) is 0. The highest BCUT2D eigenvalue weighted by Gasteiger charge is 2.22. The Kier molecular flexibility index (Phi) is 4.18. The summed E-state index contributed by atoms with van der Waals surface area (Å²) in [6.45, 7) is 6.45. The molecule has 19 heavy (non-hydrogen) atoms. The minimum atomic E-state index is 0.00514. The van der Waals surface area contributed by atoms with Crippen molar-refractivity contribution in [2.24, 2.45) is 0 Å². The standard InChI is InChI=1S/C13H14BrClN2OS/c1-5-17(4)13(18)11-9(14)8-6(2)10(15)7(3)16-12(8)19-11/h5H2,1-4H3. The zero-order chi connectivity index (χ0) is 14.3. The largest absolute Gasteiger partial charge is 0.341 e. The molecule has 0 aliphatic carbocycles. The molecule has 3 nitrogen and oxygen atoms in total. The summed E-state index contributed by atoms with van der Waals surface area (Å²) in [5.74, 6) is 0.00514. The first kappa shape index (κ1) is 14.8. The number of hydrogen-bond acceptors (Lipinski definition) is 3. The lowest BCUT2D eigenvalue weighted by Gasteiger charge is -2.13. The van der Waals surface area contributed by atoms with Gasteiger partial charge < -0.3 is 4.90 Å². The second-order valence-corrected chi connectivity index (χ2v) is 6.55. The van der Waals surface area contributed by atoms with Crippen molar-refractivity contribution in [3.05, 3.63) is 25.6 Å². The van der Waals surface area contributed by atoms with Crippen LogP contribution in [0.5, 0.6) is 0 Å². The summed E-state index contributed by atoms with van der Waals surface area (Å²) in [6, 6.07) is 0. The molecule has 0 aliphatic heterocycles. The highest BCUT2D eigenvalue weighted by molar-refractivity contribution is 9.10. The summed E-state index contributed by atoms with van der Waals surface area (Å²) in [5, 5.41) is 1.60. The van der Waals surface area contributed by atoms with Crippen LogP contribution in [0.25, 0.3) is 10.2 Å². The third kappa shape index (κ3) is 2.39. The van der Waals surface area contributed by atoms with E-state index in [1.165, 1.54) is 11.3 Å². The quantitative estimate of drug-likeness (QED) is 0.793. The smallest absolute Gasteiger partial charge is 0.264 e. The van der Waals surface area contributed by atoms with Gasteiger partial charge in [0.25, 0.3) is 5.91 Å². The van der Waals surface area contributed by atoms with E-state index in [9.17, 15) is 4.79 Å². The molecule has 0 saturated carbocycles. The Balaban J connectivity index is 2.71. The predicted octanol–water partition coefficient (Wildman–Crippen LogP) is 4.42. The number of carbonyl (C=O) groups is 1. The summed E-state index contributed by atoms with van der Waals surface area (Å²) >= 11 is 11.2. The van der Waals surface area contributed by atoms with Gasteiger partial charge in [-0.05, 0) is 42.3 Å². The third-order valence-electron chi connectivity index (χ3n) is 3.14. The van der Waals surface area contributed by atoms with E-state index in [1.54, 1.807) is 11.9 Å². The van der Waals surface area contributed by atoms with E-state index in [-0.39, 0.29) is 5.91 Å². The molecule has 0 spiro atoms. The van der Waals surface area contributed by atoms with Crippen LogP contribution in [-0.2, 0) is 0 Å². The SMILES string of the molecule is CCN(C)C(=O)c1sc2nc(C)c(Cl)c(C)c2c1Br. The van der Waals surface area contributed by atoms with Gasteiger partial charge >= 0.3 is 0 Å². The van der Waals surface area contributed by atoms with Gasteiger partial charge in [-0.25, -0.2) is 4.98 Å². The number of amides is 1. The van der Waals surface area contributed by atoms with Crippen molar-refractivity contribution in [2.45, 2.75) is 20.8 Å². The minimum Gasteiger partial charge on any atom is -0.341 e. The maximum atomic E-state index is 12.3. The third-order valence-corrected chi connectivity index (χ3v) is 5.82. The molecule has 102 valence electrons. The van der Waals surface area contributed by atoms with Gasteiger partial charge in [-0.2, -0.15) is 0 Å². The monoisotopic (exact) mass is 360 g/mol. The molecule has 0 radical (unpaired) electrons. The maximum Gasteiger partial charge on any atom is 0.264 e. The lowest BCUT2D eigenvalue weighted by atomic mass is 10.1. The summed E-state index contributed by atoms with van der Waals surface area (Å²) in [5.41, 5.74) is 1.76. The predicted molar refractivity (Wildman–Crippen MR) is 84.4 cm³/mol. The summed E-state index contributed by atoms with van der Waals surface area (Å²) < 4.78 is 0.796. The normalized spacial score (nSPS) is 11.1. The van der Waals surface area contributed by atoms with Gasteiger partial charge in [0.05, 0.1) is 15.2 Å². The van der Waals surface area contributed by atoms with Crippen molar-refractivity contribution >= 4 is 55.0 Å². The molecule has 0 fully saturated rings. The van der Waals surface area contributed by atoms with Gasteiger partial charge in [0.1, 0.15) is 9.71 Å². The lowest BCUT2D eigenvalue weighted by Crippen LogP contribution is -2.25. The van der Waals surface area contributed by atoms with E-state index < -0.39 is 0 Å². The molecule has 1 amide bonds. The van der Waals surface area contributed by atoms with Crippen molar-refractivity contribution in [3.8, 4) is 0 Å². The number of thiophene rings is 1. The van der Waals surface area contributed by atoms with Crippen LogP contribution in [0.15, 0.2) is 4.47 Å². The number of aryl methyl sites for hydroxylation is 2. The van der Waals surface area contributed by atoms with Crippen LogP contribution in [0.4, 0.5) is 0 Å². The highest BCUT2D eigenvalue weighted by Crippen LogP contribution is 2.39. The Morgan fingerprint density at radius 3 is 2.68 bits per heavy atom. The van der Waals surface area contributed by atoms with Gasteiger partial charge in [0.15, 0.2) is 0 Å². The molecule has 0 aliphatic rings. The topological polar surface area (TPSA) is 33.2 Å². The zero-order valence-electron chi connectivity index (χ0n) is 11.2. The number of halogens is 2. The molecule has 6 heteroatoms. The Bertz CT molecular complexity index is 668. The van der Waals surface area contributed by atoms with Gasteiger partial charge in [0.2, 0.25) is 0 Å². The van der Waals surface area contributed by atoms with Crippen molar-refractivity contribution < 1.29 is 4.79 Å². The second kappa shape index (κ2) is 5.38. The lowest BCUT2D eigenvalue weighted by molar-refractivity contribution is 0.0806. The number of fused-ring (bicyclic) bond motifs is 1. The van der Waals surface area contributed by atoms with E-state index in [0.29, 0.717) is 16.4 Å².